The lowest BCUT2D eigenvalue weighted by Crippen LogP contribution is -2.08. The minimum atomic E-state index is -0.181. The number of fused-ring (bicyclic) bond motifs is 3. The van der Waals surface area contributed by atoms with E-state index < -0.39 is 0 Å². The Hall–Kier alpha value is -2.14. The lowest BCUT2D eigenvalue weighted by atomic mass is 10.0. The largest absolute Gasteiger partial charge is 0.378 e. The second kappa shape index (κ2) is 4.45. The van der Waals surface area contributed by atoms with Gasteiger partial charge in [-0.3, -0.25) is 4.79 Å². The Bertz CT molecular complexity index is 828. The number of rotatable bonds is 2. The Labute approximate surface area is 115 Å². The number of ether oxygens (including phenoxy) is 1. The maximum atomic E-state index is 11.7. The first kappa shape index (κ1) is 11.7. The van der Waals surface area contributed by atoms with E-state index in [1.54, 1.807) is 6.20 Å². The van der Waals surface area contributed by atoms with E-state index in [0.717, 1.165) is 42.2 Å². The second-order valence-corrected chi connectivity index (χ2v) is 5.33. The molecule has 1 saturated heterocycles. The lowest BCUT2D eigenvalue weighted by molar-refractivity contribution is 0.111. The summed E-state index contributed by atoms with van der Waals surface area (Å²) in [5.74, 6) is 0. The van der Waals surface area contributed by atoms with Gasteiger partial charge in [-0.2, -0.15) is 5.10 Å². The van der Waals surface area contributed by atoms with Crippen molar-refractivity contribution in [3.05, 3.63) is 40.3 Å². The van der Waals surface area contributed by atoms with E-state index in [4.69, 9.17) is 4.74 Å². The lowest BCUT2D eigenvalue weighted by Gasteiger charge is -2.08. The first-order valence-corrected chi connectivity index (χ1v) is 6.91. The molecule has 2 N–H and O–H groups in total. The van der Waals surface area contributed by atoms with Gasteiger partial charge in [-0.15, -0.1) is 0 Å². The number of aromatic amines is 2. The van der Waals surface area contributed by atoms with Crippen LogP contribution in [0.5, 0.6) is 0 Å². The van der Waals surface area contributed by atoms with E-state index in [2.05, 4.69) is 33.4 Å². The van der Waals surface area contributed by atoms with E-state index in [1.165, 1.54) is 5.56 Å². The summed E-state index contributed by atoms with van der Waals surface area (Å²) in [5, 5.41) is 8.22. The van der Waals surface area contributed by atoms with Gasteiger partial charge in [-0.25, -0.2) is 5.10 Å². The van der Waals surface area contributed by atoms with Crippen molar-refractivity contribution in [2.75, 3.05) is 6.61 Å². The summed E-state index contributed by atoms with van der Waals surface area (Å²) in [6, 6.07) is 6.27. The highest BCUT2D eigenvalue weighted by Crippen LogP contribution is 2.25. The molecule has 1 aliphatic heterocycles. The third-order valence-corrected chi connectivity index (χ3v) is 3.98. The van der Waals surface area contributed by atoms with E-state index in [1.807, 2.05) is 0 Å². The molecule has 102 valence electrons. The predicted octanol–water partition coefficient (Wildman–Crippen LogP) is 2.13. The third-order valence-electron chi connectivity index (χ3n) is 3.98. The van der Waals surface area contributed by atoms with Crippen molar-refractivity contribution in [1.29, 1.82) is 0 Å². The van der Waals surface area contributed by atoms with Crippen LogP contribution in [0.3, 0.4) is 0 Å². The molecule has 20 heavy (non-hydrogen) atoms. The molecular formula is C15H15N3O2. The molecule has 1 aliphatic rings. The quantitative estimate of drug-likeness (QED) is 0.748. The van der Waals surface area contributed by atoms with Gasteiger partial charge in [0.25, 0.3) is 5.56 Å². The number of nitrogens with one attached hydrogen (secondary N) is 2. The topological polar surface area (TPSA) is 70.8 Å². The molecule has 5 heteroatoms. The molecule has 2 aromatic heterocycles. The highest BCUT2D eigenvalue weighted by atomic mass is 16.5. The predicted molar refractivity (Wildman–Crippen MR) is 76.9 cm³/mol. The summed E-state index contributed by atoms with van der Waals surface area (Å²) >= 11 is 0. The molecule has 3 heterocycles. The minimum Gasteiger partial charge on any atom is -0.378 e. The van der Waals surface area contributed by atoms with Crippen molar-refractivity contribution in [3.63, 3.8) is 0 Å². The summed E-state index contributed by atoms with van der Waals surface area (Å²) in [7, 11) is 0. The van der Waals surface area contributed by atoms with Crippen LogP contribution in [0, 0.1) is 0 Å². The normalized spacial score (nSPS) is 19.1. The standard InChI is InChI=1S/C15H15N3O2/c19-15-14-12(8-16-18-15)11-4-3-9(7-13(11)17-14)6-10-2-1-5-20-10/h3-4,7-8,10,17H,1-2,5-6H2,(H,18,19). The summed E-state index contributed by atoms with van der Waals surface area (Å²) in [5.41, 5.74) is 2.62. The van der Waals surface area contributed by atoms with Crippen LogP contribution < -0.4 is 5.56 Å². The number of hydrogen-bond acceptors (Lipinski definition) is 3. The molecule has 0 aliphatic carbocycles. The number of benzene rings is 1. The molecular weight excluding hydrogens is 254 g/mol. The van der Waals surface area contributed by atoms with Gasteiger partial charge in [0, 0.05) is 22.9 Å². The molecule has 4 rings (SSSR count). The van der Waals surface area contributed by atoms with Crippen LogP contribution in [-0.2, 0) is 11.2 Å². The van der Waals surface area contributed by atoms with Crippen molar-refractivity contribution >= 4 is 21.8 Å². The third kappa shape index (κ3) is 1.82. The Morgan fingerprint density at radius 2 is 2.30 bits per heavy atom. The van der Waals surface area contributed by atoms with Crippen molar-refractivity contribution in [1.82, 2.24) is 15.2 Å². The van der Waals surface area contributed by atoms with Crippen molar-refractivity contribution in [3.8, 4) is 0 Å². The van der Waals surface area contributed by atoms with Gasteiger partial charge in [0.15, 0.2) is 0 Å². The summed E-state index contributed by atoms with van der Waals surface area (Å²) in [6.45, 7) is 0.875. The number of aromatic nitrogens is 3. The van der Waals surface area contributed by atoms with Crippen LogP contribution in [-0.4, -0.2) is 27.9 Å². The molecule has 3 aromatic rings. The van der Waals surface area contributed by atoms with Crippen LogP contribution in [0.2, 0.25) is 0 Å². The van der Waals surface area contributed by atoms with E-state index in [9.17, 15) is 4.79 Å². The molecule has 1 unspecified atom stereocenters. The van der Waals surface area contributed by atoms with Gasteiger partial charge in [0.2, 0.25) is 0 Å². The smallest absolute Gasteiger partial charge is 0.288 e. The summed E-state index contributed by atoms with van der Waals surface area (Å²) in [6.07, 6.45) is 5.24. The average molecular weight is 269 g/mol. The fraction of sp³-hybridized carbons (Fsp3) is 0.333. The molecule has 1 fully saturated rings. The second-order valence-electron chi connectivity index (χ2n) is 5.33. The zero-order chi connectivity index (χ0) is 13.5. The molecule has 0 bridgehead atoms. The molecule has 1 aromatic carbocycles. The summed E-state index contributed by atoms with van der Waals surface area (Å²) in [4.78, 5) is 14.9. The van der Waals surface area contributed by atoms with Crippen LogP contribution in [0.1, 0.15) is 18.4 Å². The highest BCUT2D eigenvalue weighted by molar-refractivity contribution is 6.06. The molecule has 0 saturated carbocycles. The van der Waals surface area contributed by atoms with Gasteiger partial charge in [-0.05, 0) is 30.9 Å². The Morgan fingerprint density at radius 3 is 3.15 bits per heavy atom. The van der Waals surface area contributed by atoms with Gasteiger partial charge >= 0.3 is 0 Å². The first-order chi connectivity index (χ1) is 9.81. The van der Waals surface area contributed by atoms with Gasteiger partial charge in [0.05, 0.1) is 12.3 Å². The molecule has 5 nitrogen and oxygen atoms in total. The fourth-order valence-electron chi connectivity index (χ4n) is 2.99. The zero-order valence-corrected chi connectivity index (χ0v) is 11.0. The number of H-pyrrole nitrogens is 2. The highest BCUT2D eigenvalue weighted by Gasteiger charge is 2.16. The Kier molecular flexibility index (Phi) is 2.60. The van der Waals surface area contributed by atoms with Gasteiger partial charge in [0.1, 0.15) is 5.52 Å². The van der Waals surface area contributed by atoms with Crippen molar-refractivity contribution in [2.24, 2.45) is 0 Å². The van der Waals surface area contributed by atoms with Gasteiger partial charge in [-0.1, -0.05) is 12.1 Å². The maximum absolute atomic E-state index is 11.7. The first-order valence-electron chi connectivity index (χ1n) is 6.91. The maximum Gasteiger partial charge on any atom is 0.288 e. The van der Waals surface area contributed by atoms with E-state index >= 15 is 0 Å². The molecule has 0 radical (unpaired) electrons. The molecule has 0 amide bonds. The van der Waals surface area contributed by atoms with E-state index in [0.29, 0.717) is 11.6 Å². The molecule has 0 spiro atoms. The van der Waals surface area contributed by atoms with Crippen LogP contribution in [0.4, 0.5) is 0 Å². The van der Waals surface area contributed by atoms with E-state index in [-0.39, 0.29) is 5.56 Å². The Morgan fingerprint density at radius 1 is 1.35 bits per heavy atom. The average Bonchev–Trinajstić information content (AvgIpc) is 3.06. The van der Waals surface area contributed by atoms with Crippen LogP contribution in [0.25, 0.3) is 21.8 Å². The van der Waals surface area contributed by atoms with Crippen molar-refractivity contribution in [2.45, 2.75) is 25.4 Å². The monoisotopic (exact) mass is 269 g/mol. The van der Waals surface area contributed by atoms with Crippen LogP contribution in [0.15, 0.2) is 29.2 Å². The van der Waals surface area contributed by atoms with Crippen molar-refractivity contribution < 1.29 is 4.74 Å². The fourth-order valence-corrected chi connectivity index (χ4v) is 2.99. The summed E-state index contributed by atoms with van der Waals surface area (Å²) < 4.78 is 5.67. The minimum absolute atomic E-state index is 0.181. The van der Waals surface area contributed by atoms with Gasteiger partial charge < -0.3 is 9.72 Å². The zero-order valence-electron chi connectivity index (χ0n) is 11.0. The Balaban J connectivity index is 1.81. The number of nitrogens with zero attached hydrogens (tertiary/aromatic N) is 1. The number of hydrogen-bond donors (Lipinski definition) is 2. The molecule has 1 atom stereocenters. The van der Waals surface area contributed by atoms with Crippen LogP contribution >= 0.6 is 0 Å². The SMILES string of the molecule is O=c1[nH]ncc2c1[nH]c1cc(CC3CCCO3)ccc12.